The second-order valence-corrected chi connectivity index (χ2v) is 12.8. The van der Waals surface area contributed by atoms with Crippen molar-refractivity contribution in [3.05, 3.63) is 89.4 Å². The largest absolute Gasteiger partial charge is 0.493 e. The Morgan fingerprint density at radius 2 is 1.52 bits per heavy atom. The summed E-state index contributed by atoms with van der Waals surface area (Å²) in [7, 11) is 3.78. The summed E-state index contributed by atoms with van der Waals surface area (Å²) in [6.45, 7) is 5.00. The Kier molecular flexibility index (Phi) is 9.70. The first-order valence-electron chi connectivity index (χ1n) is 16.1. The first-order valence-corrected chi connectivity index (χ1v) is 16.1. The number of pyridine rings is 1. The van der Waals surface area contributed by atoms with Gasteiger partial charge < -0.3 is 23.4 Å². The predicted octanol–water partition coefficient (Wildman–Crippen LogP) is 6.40. The van der Waals surface area contributed by atoms with Crippen LogP contribution < -0.4 is 14.2 Å². The van der Waals surface area contributed by atoms with Crippen LogP contribution in [0.2, 0.25) is 0 Å². The summed E-state index contributed by atoms with van der Waals surface area (Å²) < 4.78 is 66.3. The van der Waals surface area contributed by atoms with Gasteiger partial charge in [0.15, 0.2) is 46.3 Å². The molecule has 0 atom stereocenters. The zero-order valence-corrected chi connectivity index (χ0v) is 27.0. The van der Waals surface area contributed by atoms with Gasteiger partial charge in [0.2, 0.25) is 0 Å². The van der Waals surface area contributed by atoms with Crippen LogP contribution in [0.25, 0.3) is 10.9 Å². The van der Waals surface area contributed by atoms with E-state index in [9.17, 15) is 18.4 Å². The van der Waals surface area contributed by atoms with Gasteiger partial charge in [0.05, 0.1) is 51.5 Å². The molecule has 2 fully saturated rings. The van der Waals surface area contributed by atoms with Gasteiger partial charge in [-0.05, 0) is 60.4 Å². The van der Waals surface area contributed by atoms with Crippen molar-refractivity contribution < 1.29 is 46.2 Å². The lowest BCUT2D eigenvalue weighted by Crippen LogP contribution is -2.52. The van der Waals surface area contributed by atoms with Gasteiger partial charge in [-0.1, -0.05) is 12.1 Å². The molecule has 0 unspecified atom stereocenters. The Morgan fingerprint density at radius 3 is 2.17 bits per heavy atom. The van der Waals surface area contributed by atoms with Crippen LogP contribution in [-0.2, 0) is 27.2 Å². The molecule has 0 spiro atoms. The number of fused-ring (bicyclic) bond motifs is 1. The van der Waals surface area contributed by atoms with Crippen LogP contribution in [0.1, 0.15) is 30.4 Å². The molecule has 6 rings (SSSR count). The second kappa shape index (κ2) is 13.9. The number of nitrogens with zero attached hydrogens (tertiary/aromatic N) is 2. The molecule has 0 radical (unpaired) electrons. The topological polar surface area (TPSA) is 84.0 Å². The molecule has 0 N–H and O–H groups in total. The average molecular weight is 664 g/mol. The van der Waals surface area contributed by atoms with E-state index < -0.39 is 22.9 Å². The Bertz CT molecular complexity index is 1840. The third-order valence-corrected chi connectivity index (χ3v) is 9.38. The summed E-state index contributed by atoms with van der Waals surface area (Å²) >= 11 is 0. The molecule has 1 aliphatic carbocycles. The highest BCUT2D eigenvalue weighted by molar-refractivity contribution is 6.11. The van der Waals surface area contributed by atoms with Crippen molar-refractivity contribution >= 4 is 22.5 Å². The molecule has 48 heavy (non-hydrogen) atoms. The van der Waals surface area contributed by atoms with Crippen molar-refractivity contribution in [3.63, 3.8) is 0 Å². The lowest BCUT2D eigenvalue weighted by molar-refractivity contribution is -0.917. The van der Waals surface area contributed by atoms with Gasteiger partial charge in [-0.25, -0.2) is 13.2 Å². The smallest absolute Gasteiger partial charge is 0.166 e. The molecule has 0 bridgehead atoms. The van der Waals surface area contributed by atoms with Gasteiger partial charge >= 0.3 is 0 Å². The van der Waals surface area contributed by atoms with E-state index in [1.807, 2.05) is 0 Å². The Hall–Kier alpha value is -4.48. The van der Waals surface area contributed by atoms with Crippen LogP contribution in [0.4, 0.5) is 13.2 Å². The number of likely N-dealkylation sites (N-methyl/N-ethyl adjacent to an activating group) is 1. The molecule has 2 aliphatic rings. The van der Waals surface area contributed by atoms with Crippen molar-refractivity contribution in [2.75, 3.05) is 53.6 Å². The SMILES string of the molecule is COc1cc2c(Oc3ccc(CC(=O)C4(C(=O)Cc5ccc(F)c(F)c5)CC4)cc3F)ccnc2cc1OCCC[N+]1(C)CCOCC1. The molecule has 252 valence electrons. The van der Waals surface area contributed by atoms with E-state index in [1.165, 1.54) is 18.2 Å². The Morgan fingerprint density at radius 1 is 0.833 bits per heavy atom. The minimum Gasteiger partial charge on any atom is -0.493 e. The molecular weight excluding hydrogens is 625 g/mol. The third-order valence-electron chi connectivity index (χ3n) is 9.38. The molecule has 0 amide bonds. The molecule has 11 heteroatoms. The standard InChI is InChI=1S/C37H38F3N2O6/c1-42(13-16-46-17-14-42)12-3-15-47-34-23-30-26(22-33(34)45-2)31(8-11-41-30)48-32-7-5-25(19-29(32)40)21-36(44)37(9-10-37)35(43)20-24-4-6-27(38)28(39)18-24/h4-8,11,18-19,22-23H,3,9-10,12-17,20-21H2,1-2H3/q+1. The molecule has 3 aromatic carbocycles. The first-order chi connectivity index (χ1) is 23.1. The first kappa shape index (κ1) is 33.4. The Labute approximate surface area is 277 Å². The number of benzene rings is 3. The van der Waals surface area contributed by atoms with Gasteiger partial charge in [-0.15, -0.1) is 0 Å². The summed E-state index contributed by atoms with van der Waals surface area (Å²) in [6, 6.07) is 12.7. The molecule has 2 heterocycles. The zero-order valence-electron chi connectivity index (χ0n) is 27.0. The number of methoxy groups -OCH3 is 1. The molecule has 1 saturated heterocycles. The van der Waals surface area contributed by atoms with Crippen molar-refractivity contribution in [1.29, 1.82) is 0 Å². The van der Waals surface area contributed by atoms with Crippen molar-refractivity contribution in [3.8, 4) is 23.0 Å². The fourth-order valence-electron chi connectivity index (χ4n) is 6.18. The van der Waals surface area contributed by atoms with Crippen molar-refractivity contribution in [2.24, 2.45) is 5.41 Å². The number of carbonyl (C=O) groups excluding carboxylic acids is 2. The number of rotatable bonds is 14. The fraction of sp³-hybridized carbons (Fsp3) is 0.378. The zero-order chi connectivity index (χ0) is 33.9. The van der Waals surface area contributed by atoms with Gasteiger partial charge in [-0.3, -0.25) is 14.6 Å². The normalized spacial score (nSPS) is 16.4. The highest BCUT2D eigenvalue weighted by atomic mass is 19.2. The fourth-order valence-corrected chi connectivity index (χ4v) is 6.18. The van der Waals surface area contributed by atoms with Crippen LogP contribution in [0.5, 0.6) is 23.0 Å². The molecule has 4 aromatic rings. The van der Waals surface area contributed by atoms with Gasteiger partial charge in [0, 0.05) is 36.9 Å². The number of morpholine rings is 1. The lowest BCUT2D eigenvalue weighted by atomic mass is 9.88. The van der Waals surface area contributed by atoms with Crippen molar-refractivity contribution in [2.45, 2.75) is 32.1 Å². The molecule has 1 aromatic heterocycles. The minimum atomic E-state index is -1.18. The summed E-state index contributed by atoms with van der Waals surface area (Å²) in [5.41, 5.74) is 0.0896. The van der Waals surface area contributed by atoms with Gasteiger partial charge in [0.25, 0.3) is 0 Å². The van der Waals surface area contributed by atoms with Crippen LogP contribution >= 0.6 is 0 Å². The van der Waals surface area contributed by atoms with Crippen LogP contribution in [0.3, 0.4) is 0 Å². The van der Waals surface area contributed by atoms with E-state index >= 15 is 4.39 Å². The van der Waals surface area contributed by atoms with Crippen LogP contribution in [-0.4, -0.2) is 74.6 Å². The monoisotopic (exact) mass is 663 g/mol. The van der Waals surface area contributed by atoms with Crippen molar-refractivity contribution in [1.82, 2.24) is 4.98 Å². The van der Waals surface area contributed by atoms with E-state index in [2.05, 4.69) is 12.0 Å². The summed E-state index contributed by atoms with van der Waals surface area (Å²) in [5.74, 6) is -2.05. The molecule has 1 aliphatic heterocycles. The van der Waals surface area contributed by atoms with E-state index in [0.717, 1.165) is 55.9 Å². The number of hydrogen-bond acceptors (Lipinski definition) is 7. The molecular formula is C37H38F3N2O6+. The highest BCUT2D eigenvalue weighted by Crippen LogP contribution is 2.49. The quantitative estimate of drug-likeness (QED) is 0.0877. The second-order valence-electron chi connectivity index (χ2n) is 12.8. The highest BCUT2D eigenvalue weighted by Gasteiger charge is 2.54. The van der Waals surface area contributed by atoms with E-state index in [-0.39, 0.29) is 30.2 Å². The number of ether oxygens (including phenoxy) is 4. The minimum absolute atomic E-state index is 0.0479. The average Bonchev–Trinajstić information content (AvgIpc) is 3.89. The maximum Gasteiger partial charge on any atom is 0.166 e. The number of Topliss-reactive ketones (excluding diaryl/α,β-unsaturated/α-hetero) is 2. The predicted molar refractivity (Wildman–Crippen MR) is 172 cm³/mol. The van der Waals surface area contributed by atoms with Crippen LogP contribution in [0, 0.1) is 22.9 Å². The summed E-state index contributed by atoms with van der Waals surface area (Å²) in [6.07, 6.45) is 2.84. The molecule has 1 saturated carbocycles. The maximum absolute atomic E-state index is 15.3. The van der Waals surface area contributed by atoms with E-state index in [1.54, 1.807) is 37.6 Å². The number of aromatic nitrogens is 1. The number of carbonyl (C=O) groups is 2. The lowest BCUT2D eigenvalue weighted by Gasteiger charge is -2.37. The number of hydrogen-bond donors (Lipinski definition) is 0. The maximum atomic E-state index is 15.3. The summed E-state index contributed by atoms with van der Waals surface area (Å²) in [5, 5.41) is 0.599. The molecule has 8 nitrogen and oxygen atoms in total. The number of quaternary nitrogens is 1. The van der Waals surface area contributed by atoms with Gasteiger partial charge in [0.1, 0.15) is 18.8 Å². The van der Waals surface area contributed by atoms with E-state index in [0.29, 0.717) is 58.7 Å². The summed E-state index contributed by atoms with van der Waals surface area (Å²) in [4.78, 5) is 30.7. The third kappa shape index (κ3) is 7.32. The number of ketones is 2. The van der Waals surface area contributed by atoms with Crippen LogP contribution in [0.15, 0.2) is 60.8 Å². The van der Waals surface area contributed by atoms with E-state index in [4.69, 9.17) is 18.9 Å². The van der Waals surface area contributed by atoms with Gasteiger partial charge in [-0.2, -0.15) is 0 Å². The number of halogens is 3. The Balaban J connectivity index is 1.10.